The third kappa shape index (κ3) is 5.10. The van der Waals surface area contributed by atoms with E-state index >= 15 is 0 Å². The summed E-state index contributed by atoms with van der Waals surface area (Å²) < 4.78 is 57.0. The molecule has 0 fully saturated rings. The van der Waals surface area contributed by atoms with E-state index in [1.54, 1.807) is 30.3 Å². The Morgan fingerprint density at radius 1 is 1.00 bits per heavy atom. The summed E-state index contributed by atoms with van der Waals surface area (Å²) in [5, 5.41) is 15.1. The second-order valence-electron chi connectivity index (χ2n) is 7.18. The molecule has 0 bridgehead atoms. The lowest BCUT2D eigenvalue weighted by molar-refractivity contribution is -0.137. The van der Waals surface area contributed by atoms with Gasteiger partial charge in [-0.15, -0.1) is 15.3 Å². The summed E-state index contributed by atoms with van der Waals surface area (Å²) in [5.41, 5.74) is -0.306. The second kappa shape index (κ2) is 9.87. The first-order chi connectivity index (χ1) is 16.8. The molecule has 0 spiro atoms. The number of rotatable bonds is 8. The van der Waals surface area contributed by atoms with Gasteiger partial charge in [-0.2, -0.15) is 17.7 Å². The highest BCUT2D eigenvalue weighted by molar-refractivity contribution is 5.95. The van der Waals surface area contributed by atoms with Crippen LogP contribution in [0.4, 0.5) is 13.2 Å². The zero-order valence-electron chi connectivity index (χ0n) is 18.7. The van der Waals surface area contributed by atoms with Gasteiger partial charge in [0.1, 0.15) is 6.61 Å². The van der Waals surface area contributed by atoms with Gasteiger partial charge in [0.2, 0.25) is 5.88 Å². The lowest BCUT2D eigenvalue weighted by Crippen LogP contribution is -2.30. The number of nitrogens with zero attached hydrogens (tertiary/aromatic N) is 4. The monoisotopic (exact) mass is 487 g/mol. The Hall–Kier alpha value is -4.35. The Balaban J connectivity index is 1.44. The van der Waals surface area contributed by atoms with Gasteiger partial charge in [-0.25, -0.2) is 0 Å². The fourth-order valence-electron chi connectivity index (χ4n) is 3.35. The molecular weight excluding hydrogens is 467 g/mol. The molecule has 0 aliphatic rings. The standard InChI is InChI=1S/C23H20F3N5O4/c1-33-17-8-7-14(13-18(17)34-2)21-29-28-19-9-10-20(30-31(19)21)35-12-11-27-22(32)15-5-3-4-6-16(15)23(24,25)26/h3-10,13H,11-12H2,1-2H3,(H,27,32). The first-order valence-electron chi connectivity index (χ1n) is 10.3. The molecule has 2 aromatic heterocycles. The average Bonchev–Trinajstić information content (AvgIpc) is 3.28. The molecule has 4 aromatic rings. The van der Waals surface area contributed by atoms with Gasteiger partial charge in [0.25, 0.3) is 5.91 Å². The Kier molecular flexibility index (Phi) is 6.71. The molecule has 2 aromatic carbocycles. The fraction of sp³-hybridized carbons (Fsp3) is 0.217. The van der Waals surface area contributed by atoms with Gasteiger partial charge in [0.05, 0.1) is 31.9 Å². The molecule has 0 atom stereocenters. The minimum atomic E-state index is -4.63. The van der Waals surface area contributed by atoms with Crippen LogP contribution in [0.2, 0.25) is 0 Å². The fourth-order valence-corrected chi connectivity index (χ4v) is 3.35. The van der Waals surface area contributed by atoms with E-state index in [0.717, 1.165) is 12.1 Å². The van der Waals surface area contributed by atoms with Crippen LogP contribution in [0.5, 0.6) is 17.4 Å². The van der Waals surface area contributed by atoms with Crippen molar-refractivity contribution in [2.75, 3.05) is 27.4 Å². The molecule has 12 heteroatoms. The number of amides is 1. The molecule has 9 nitrogen and oxygen atoms in total. The molecule has 0 aliphatic heterocycles. The van der Waals surface area contributed by atoms with Crippen LogP contribution >= 0.6 is 0 Å². The largest absolute Gasteiger partial charge is 0.493 e. The van der Waals surface area contributed by atoms with Crippen molar-refractivity contribution in [1.82, 2.24) is 25.1 Å². The topological polar surface area (TPSA) is 99.9 Å². The van der Waals surface area contributed by atoms with E-state index in [1.165, 1.54) is 30.9 Å². The highest BCUT2D eigenvalue weighted by Gasteiger charge is 2.34. The molecule has 1 amide bonds. The Bertz CT molecular complexity index is 1360. The first kappa shape index (κ1) is 23.8. The lowest BCUT2D eigenvalue weighted by Gasteiger charge is -2.13. The van der Waals surface area contributed by atoms with Crippen LogP contribution < -0.4 is 19.5 Å². The number of benzene rings is 2. The van der Waals surface area contributed by atoms with Gasteiger partial charge >= 0.3 is 6.18 Å². The third-order valence-electron chi connectivity index (χ3n) is 4.99. The van der Waals surface area contributed by atoms with Crippen molar-refractivity contribution in [3.8, 4) is 28.8 Å². The third-order valence-corrected chi connectivity index (χ3v) is 4.99. The first-order valence-corrected chi connectivity index (χ1v) is 10.3. The van der Waals surface area contributed by atoms with Gasteiger partial charge in [0, 0.05) is 11.6 Å². The quantitative estimate of drug-likeness (QED) is 0.379. The van der Waals surface area contributed by atoms with E-state index in [0.29, 0.717) is 28.5 Å². The summed E-state index contributed by atoms with van der Waals surface area (Å²) in [6, 6.07) is 13.0. The van der Waals surface area contributed by atoms with E-state index < -0.39 is 23.2 Å². The Morgan fingerprint density at radius 2 is 1.77 bits per heavy atom. The maximum Gasteiger partial charge on any atom is 0.417 e. The normalized spacial score (nSPS) is 11.3. The number of fused-ring (bicyclic) bond motifs is 1. The predicted molar refractivity (Wildman–Crippen MR) is 119 cm³/mol. The summed E-state index contributed by atoms with van der Waals surface area (Å²) in [4.78, 5) is 12.2. The van der Waals surface area contributed by atoms with Crippen molar-refractivity contribution < 1.29 is 32.2 Å². The summed E-state index contributed by atoms with van der Waals surface area (Å²) >= 11 is 0. The van der Waals surface area contributed by atoms with Crippen molar-refractivity contribution in [1.29, 1.82) is 0 Å². The molecule has 0 aliphatic carbocycles. The number of nitrogens with one attached hydrogen (secondary N) is 1. The molecule has 0 saturated carbocycles. The lowest BCUT2D eigenvalue weighted by atomic mass is 10.1. The zero-order valence-corrected chi connectivity index (χ0v) is 18.7. The van der Waals surface area contributed by atoms with E-state index in [-0.39, 0.29) is 19.0 Å². The summed E-state index contributed by atoms with van der Waals surface area (Å²) in [7, 11) is 3.06. The Morgan fingerprint density at radius 3 is 2.51 bits per heavy atom. The number of alkyl halides is 3. The minimum absolute atomic E-state index is 0.0216. The maximum absolute atomic E-state index is 13.1. The molecular formula is C23H20F3N5O4. The number of hydrogen-bond acceptors (Lipinski definition) is 7. The van der Waals surface area contributed by atoms with Crippen LogP contribution in [0, 0.1) is 0 Å². The Labute approximate surface area is 197 Å². The van der Waals surface area contributed by atoms with Gasteiger partial charge in [-0.05, 0) is 36.4 Å². The number of methoxy groups -OCH3 is 2. The molecule has 0 unspecified atom stereocenters. The minimum Gasteiger partial charge on any atom is -0.493 e. The maximum atomic E-state index is 13.1. The van der Waals surface area contributed by atoms with Gasteiger partial charge in [0.15, 0.2) is 23.0 Å². The average molecular weight is 487 g/mol. The number of ether oxygens (including phenoxy) is 3. The molecule has 2 heterocycles. The van der Waals surface area contributed by atoms with Crippen LogP contribution in [0.3, 0.4) is 0 Å². The zero-order chi connectivity index (χ0) is 25.0. The molecule has 35 heavy (non-hydrogen) atoms. The van der Waals surface area contributed by atoms with Gasteiger partial charge in [-0.3, -0.25) is 4.79 Å². The van der Waals surface area contributed by atoms with Crippen LogP contribution in [0.1, 0.15) is 15.9 Å². The van der Waals surface area contributed by atoms with E-state index in [4.69, 9.17) is 14.2 Å². The highest BCUT2D eigenvalue weighted by atomic mass is 19.4. The van der Waals surface area contributed by atoms with E-state index in [2.05, 4.69) is 20.6 Å². The van der Waals surface area contributed by atoms with E-state index in [9.17, 15) is 18.0 Å². The predicted octanol–water partition coefficient (Wildman–Crippen LogP) is 3.64. The van der Waals surface area contributed by atoms with Crippen LogP contribution in [-0.4, -0.2) is 53.1 Å². The second-order valence-corrected chi connectivity index (χ2v) is 7.18. The number of halogens is 3. The van der Waals surface area contributed by atoms with Crippen LogP contribution in [0.25, 0.3) is 17.0 Å². The van der Waals surface area contributed by atoms with Crippen LogP contribution in [0.15, 0.2) is 54.6 Å². The van der Waals surface area contributed by atoms with Gasteiger partial charge in [-0.1, -0.05) is 12.1 Å². The number of hydrogen-bond donors (Lipinski definition) is 1. The van der Waals surface area contributed by atoms with E-state index in [1.807, 2.05) is 0 Å². The summed E-state index contributed by atoms with van der Waals surface area (Å²) in [6.45, 7) is -0.0539. The highest BCUT2D eigenvalue weighted by Crippen LogP contribution is 2.32. The van der Waals surface area contributed by atoms with Crippen molar-refractivity contribution in [3.05, 3.63) is 65.7 Å². The molecule has 0 radical (unpaired) electrons. The van der Waals surface area contributed by atoms with Crippen molar-refractivity contribution in [2.24, 2.45) is 0 Å². The van der Waals surface area contributed by atoms with Crippen molar-refractivity contribution in [2.45, 2.75) is 6.18 Å². The summed E-state index contributed by atoms with van der Waals surface area (Å²) in [5.74, 6) is 0.867. The smallest absolute Gasteiger partial charge is 0.417 e. The molecule has 4 rings (SSSR count). The van der Waals surface area contributed by atoms with Crippen molar-refractivity contribution in [3.63, 3.8) is 0 Å². The molecule has 182 valence electrons. The SMILES string of the molecule is COc1ccc(-c2nnc3ccc(OCCNC(=O)c4ccccc4C(F)(F)F)nn23)cc1OC. The number of carbonyl (C=O) groups excluding carboxylic acids is 1. The van der Waals surface area contributed by atoms with Gasteiger partial charge < -0.3 is 19.5 Å². The number of carbonyl (C=O) groups is 1. The molecule has 1 N–H and O–H groups in total. The number of aromatic nitrogens is 4. The van der Waals surface area contributed by atoms with Crippen LogP contribution in [-0.2, 0) is 6.18 Å². The van der Waals surface area contributed by atoms with Crippen molar-refractivity contribution >= 4 is 11.6 Å². The summed E-state index contributed by atoms with van der Waals surface area (Å²) in [6.07, 6.45) is -4.63. The molecule has 0 saturated heterocycles.